The zero-order chi connectivity index (χ0) is 31.9. The first kappa shape index (κ1) is 38.4. The molecule has 14 heteroatoms. The molecule has 0 aromatic heterocycles. The van der Waals surface area contributed by atoms with Crippen LogP contribution in [0.15, 0.2) is 10.1 Å². The number of nitrogens with zero attached hydrogens (tertiary/aromatic N) is 2. The Bertz CT molecular complexity index is 868. The van der Waals surface area contributed by atoms with Crippen molar-refractivity contribution in [2.24, 2.45) is 27.6 Å². The van der Waals surface area contributed by atoms with Crippen LogP contribution < -0.4 is 22.2 Å². The van der Waals surface area contributed by atoms with Gasteiger partial charge in [0.1, 0.15) is 24.5 Å². The lowest BCUT2D eigenvalue weighted by molar-refractivity contribution is -0.129. The Morgan fingerprint density at radius 2 is 1.47 bits per heavy atom. The summed E-state index contributed by atoms with van der Waals surface area (Å²) in [6.07, 6.45) is 4.46. The van der Waals surface area contributed by atoms with Crippen molar-refractivity contribution in [3.8, 4) is 0 Å². The molecule has 0 spiro atoms. The summed E-state index contributed by atoms with van der Waals surface area (Å²) in [4.78, 5) is 40.1. The number of nitrogens with two attached hydrogens (primary N) is 2. The van der Waals surface area contributed by atoms with Crippen molar-refractivity contribution in [1.29, 1.82) is 0 Å². The first-order chi connectivity index (χ1) is 20.6. The molecule has 0 aliphatic heterocycles. The van der Waals surface area contributed by atoms with Crippen molar-refractivity contribution in [3.05, 3.63) is 0 Å². The van der Waals surface area contributed by atoms with Crippen LogP contribution in [-0.4, -0.2) is 113 Å². The summed E-state index contributed by atoms with van der Waals surface area (Å²) in [6, 6.07) is -0.552. The standard InChI is InChI=1S/C29H54N6O8/c1-21(2)27(29(30)38)34-25(36)10-12-39-14-16-41-18-19-42-17-15-40-13-11-32-26(37)20-43-24-9-7-5-6-8-23(28(24)35-31)33-22(3)4/h21-22,24,27H,5-20,31H2,1-4H3,(H2,30,38)(H,32,37)(H,34,36)/t24?,27-/m0/s1. The van der Waals surface area contributed by atoms with E-state index in [1.165, 1.54) is 0 Å². The third-order valence-electron chi connectivity index (χ3n) is 6.40. The van der Waals surface area contributed by atoms with E-state index in [1.807, 2.05) is 27.7 Å². The van der Waals surface area contributed by atoms with Gasteiger partial charge in [0.2, 0.25) is 17.7 Å². The lowest BCUT2D eigenvalue weighted by Crippen LogP contribution is -2.47. The summed E-state index contributed by atoms with van der Waals surface area (Å²) in [7, 11) is 0. The molecule has 2 atom stereocenters. The van der Waals surface area contributed by atoms with Gasteiger partial charge in [0.05, 0.1) is 58.6 Å². The first-order valence-electron chi connectivity index (χ1n) is 15.3. The molecule has 1 unspecified atom stereocenters. The molecule has 1 aliphatic rings. The summed E-state index contributed by atoms with van der Waals surface area (Å²) in [5, 5.41) is 9.36. The van der Waals surface area contributed by atoms with Crippen LogP contribution >= 0.6 is 0 Å². The molecule has 1 rings (SSSR count). The number of nitrogens with one attached hydrogen (secondary N) is 2. The van der Waals surface area contributed by atoms with E-state index in [0.717, 1.165) is 37.8 Å². The van der Waals surface area contributed by atoms with Crippen molar-refractivity contribution < 1.29 is 38.1 Å². The van der Waals surface area contributed by atoms with E-state index in [9.17, 15) is 14.4 Å². The van der Waals surface area contributed by atoms with Gasteiger partial charge in [0.25, 0.3) is 0 Å². The Morgan fingerprint density at radius 1 is 0.860 bits per heavy atom. The highest BCUT2D eigenvalue weighted by atomic mass is 16.6. The van der Waals surface area contributed by atoms with Gasteiger partial charge in [0.15, 0.2) is 0 Å². The number of hydrogen-bond donors (Lipinski definition) is 4. The topological polar surface area (TPSA) is 198 Å². The number of carbonyl (C=O) groups is 3. The summed E-state index contributed by atoms with van der Waals surface area (Å²) in [5.74, 6) is 4.54. The van der Waals surface area contributed by atoms with E-state index in [0.29, 0.717) is 58.5 Å². The number of carbonyl (C=O) groups excluding carboxylic acids is 3. The van der Waals surface area contributed by atoms with Gasteiger partial charge in [-0.25, -0.2) is 0 Å². The molecule has 0 aromatic rings. The quantitative estimate of drug-likeness (QED) is 0.0770. The monoisotopic (exact) mass is 614 g/mol. The Kier molecular flexibility index (Phi) is 21.2. The van der Waals surface area contributed by atoms with Crippen LogP contribution in [0, 0.1) is 5.92 Å². The molecule has 3 amide bonds. The zero-order valence-electron chi connectivity index (χ0n) is 26.4. The minimum Gasteiger partial charge on any atom is -0.379 e. The highest BCUT2D eigenvalue weighted by molar-refractivity contribution is 6.44. The highest BCUT2D eigenvalue weighted by Crippen LogP contribution is 2.17. The van der Waals surface area contributed by atoms with Gasteiger partial charge in [-0.1, -0.05) is 26.7 Å². The van der Waals surface area contributed by atoms with Crippen molar-refractivity contribution >= 4 is 29.1 Å². The predicted molar refractivity (Wildman–Crippen MR) is 164 cm³/mol. The van der Waals surface area contributed by atoms with Crippen LogP contribution in [0.3, 0.4) is 0 Å². The fraction of sp³-hybridized carbons (Fsp3) is 0.828. The Labute approximate surface area is 256 Å². The molecule has 1 saturated carbocycles. The maximum atomic E-state index is 12.3. The fourth-order valence-electron chi connectivity index (χ4n) is 4.24. The smallest absolute Gasteiger partial charge is 0.246 e. The molecule has 248 valence electrons. The fourth-order valence-corrected chi connectivity index (χ4v) is 4.24. The molecule has 0 heterocycles. The van der Waals surface area contributed by atoms with Gasteiger partial charge in [-0.2, -0.15) is 5.10 Å². The first-order valence-corrected chi connectivity index (χ1v) is 15.3. The highest BCUT2D eigenvalue weighted by Gasteiger charge is 2.25. The van der Waals surface area contributed by atoms with Gasteiger partial charge in [-0.3, -0.25) is 19.4 Å². The molecule has 14 nitrogen and oxygen atoms in total. The molecular formula is C29H54N6O8. The van der Waals surface area contributed by atoms with Crippen molar-refractivity contribution in [2.45, 2.75) is 84.4 Å². The zero-order valence-corrected chi connectivity index (χ0v) is 26.4. The van der Waals surface area contributed by atoms with Crippen molar-refractivity contribution in [1.82, 2.24) is 10.6 Å². The van der Waals surface area contributed by atoms with E-state index in [2.05, 4.69) is 20.7 Å². The average Bonchev–Trinajstić information content (AvgIpc) is 2.94. The number of ether oxygens (including phenoxy) is 5. The summed E-state index contributed by atoms with van der Waals surface area (Å²) in [6.45, 7) is 10.8. The van der Waals surface area contributed by atoms with E-state index in [-0.39, 0.29) is 49.5 Å². The molecule has 0 bridgehead atoms. The van der Waals surface area contributed by atoms with Crippen LogP contribution in [0.5, 0.6) is 0 Å². The SMILES string of the molecule is CC(C)N=C1CCCCCC(OCC(=O)NCCOCCOCCOCCOCCC(=O)N[C@H](C(N)=O)C(C)C)C1=NN. The molecular weight excluding hydrogens is 560 g/mol. The lowest BCUT2D eigenvalue weighted by Gasteiger charge is -2.23. The minimum absolute atomic E-state index is 0.0783. The second-order valence-corrected chi connectivity index (χ2v) is 10.8. The maximum absolute atomic E-state index is 12.3. The van der Waals surface area contributed by atoms with Gasteiger partial charge in [-0.15, -0.1) is 0 Å². The Hall–Kier alpha value is -2.65. The van der Waals surface area contributed by atoms with Gasteiger partial charge in [0, 0.05) is 19.0 Å². The van der Waals surface area contributed by atoms with Crippen LogP contribution in [0.4, 0.5) is 0 Å². The van der Waals surface area contributed by atoms with E-state index >= 15 is 0 Å². The van der Waals surface area contributed by atoms with Crippen LogP contribution in [-0.2, 0) is 38.1 Å². The predicted octanol–water partition coefficient (Wildman–Crippen LogP) is 0.699. The number of primary amides is 1. The number of hydrazone groups is 1. The number of rotatable bonds is 22. The maximum Gasteiger partial charge on any atom is 0.246 e. The normalized spacial score (nSPS) is 18.5. The van der Waals surface area contributed by atoms with Crippen molar-refractivity contribution in [2.75, 3.05) is 66.0 Å². The largest absolute Gasteiger partial charge is 0.379 e. The third kappa shape index (κ3) is 18.6. The summed E-state index contributed by atoms with van der Waals surface area (Å²) in [5.41, 5.74) is 6.80. The molecule has 0 aromatic carbocycles. The molecule has 1 fully saturated rings. The van der Waals surface area contributed by atoms with Gasteiger partial charge >= 0.3 is 0 Å². The molecule has 6 N–H and O–H groups in total. The van der Waals surface area contributed by atoms with Crippen molar-refractivity contribution in [3.63, 3.8) is 0 Å². The Morgan fingerprint density at radius 3 is 2.02 bits per heavy atom. The lowest BCUT2D eigenvalue weighted by atomic mass is 9.94. The third-order valence-corrected chi connectivity index (χ3v) is 6.40. The Balaban J connectivity index is 2.01. The summed E-state index contributed by atoms with van der Waals surface area (Å²) >= 11 is 0. The molecule has 1 aliphatic carbocycles. The van der Waals surface area contributed by atoms with Crippen LogP contribution in [0.25, 0.3) is 0 Å². The molecule has 43 heavy (non-hydrogen) atoms. The van der Waals surface area contributed by atoms with Crippen LogP contribution in [0.1, 0.15) is 66.2 Å². The van der Waals surface area contributed by atoms with E-state index in [4.69, 9.17) is 35.3 Å². The minimum atomic E-state index is -0.686. The van der Waals surface area contributed by atoms with E-state index < -0.39 is 11.9 Å². The number of amides is 3. The van der Waals surface area contributed by atoms with Crippen LogP contribution in [0.2, 0.25) is 0 Å². The molecule has 0 radical (unpaired) electrons. The number of aliphatic imine (C=N–C) groups is 1. The second-order valence-electron chi connectivity index (χ2n) is 10.8. The summed E-state index contributed by atoms with van der Waals surface area (Å²) < 4.78 is 27.6. The average molecular weight is 615 g/mol. The van der Waals surface area contributed by atoms with Gasteiger partial charge < -0.3 is 45.9 Å². The molecule has 0 saturated heterocycles. The van der Waals surface area contributed by atoms with E-state index in [1.54, 1.807) is 0 Å². The van der Waals surface area contributed by atoms with Gasteiger partial charge in [-0.05, 0) is 39.0 Å². The second kappa shape index (κ2) is 23.8. The number of hydrogen-bond acceptors (Lipinski definition) is 11.